The molecule has 124 valence electrons. The largest absolute Gasteiger partial charge is 0.490 e. The SMILES string of the molecule is O=C(OC[C@H]1CC2c3ccccc3C1c1ccccc12)C(F)(F)F. The lowest BCUT2D eigenvalue weighted by Crippen LogP contribution is -2.36. The fourth-order valence-corrected chi connectivity index (χ4v) is 4.19. The van der Waals surface area contributed by atoms with Gasteiger partial charge in [0.1, 0.15) is 0 Å². The van der Waals surface area contributed by atoms with E-state index >= 15 is 0 Å². The first-order chi connectivity index (χ1) is 11.5. The number of hydrogen-bond donors (Lipinski definition) is 0. The summed E-state index contributed by atoms with van der Waals surface area (Å²) < 4.78 is 41.7. The van der Waals surface area contributed by atoms with Crippen molar-refractivity contribution >= 4 is 5.97 Å². The van der Waals surface area contributed by atoms with E-state index in [2.05, 4.69) is 16.9 Å². The van der Waals surface area contributed by atoms with Crippen molar-refractivity contribution in [1.29, 1.82) is 0 Å². The van der Waals surface area contributed by atoms with Gasteiger partial charge in [0.2, 0.25) is 0 Å². The molecule has 5 rings (SSSR count). The van der Waals surface area contributed by atoms with Gasteiger partial charge in [-0.2, -0.15) is 13.2 Å². The summed E-state index contributed by atoms with van der Waals surface area (Å²) in [7, 11) is 0. The minimum atomic E-state index is -4.94. The van der Waals surface area contributed by atoms with Crippen molar-refractivity contribution in [1.82, 2.24) is 0 Å². The predicted molar refractivity (Wildman–Crippen MR) is 81.7 cm³/mol. The van der Waals surface area contributed by atoms with Crippen LogP contribution in [-0.2, 0) is 9.53 Å². The number of ether oxygens (including phenoxy) is 1. The number of carbonyl (C=O) groups is 1. The minimum absolute atomic E-state index is 0.0246. The van der Waals surface area contributed by atoms with Crippen molar-refractivity contribution in [2.45, 2.75) is 24.4 Å². The second-order valence-corrected chi connectivity index (χ2v) is 6.38. The van der Waals surface area contributed by atoms with Gasteiger partial charge in [-0.3, -0.25) is 0 Å². The molecule has 2 aromatic carbocycles. The zero-order chi connectivity index (χ0) is 16.9. The topological polar surface area (TPSA) is 26.3 Å². The van der Waals surface area contributed by atoms with Gasteiger partial charge in [0.05, 0.1) is 6.61 Å². The van der Waals surface area contributed by atoms with E-state index < -0.39 is 12.1 Å². The molecule has 2 bridgehead atoms. The van der Waals surface area contributed by atoms with Crippen LogP contribution in [0.4, 0.5) is 13.2 Å². The Morgan fingerprint density at radius 1 is 0.958 bits per heavy atom. The molecule has 24 heavy (non-hydrogen) atoms. The third-order valence-corrected chi connectivity index (χ3v) is 5.08. The highest BCUT2D eigenvalue weighted by Crippen LogP contribution is 2.55. The number of fused-ring (bicyclic) bond motifs is 1. The number of benzene rings is 2. The fourth-order valence-electron chi connectivity index (χ4n) is 4.19. The van der Waals surface area contributed by atoms with Crippen LogP contribution in [0.3, 0.4) is 0 Å². The monoisotopic (exact) mass is 332 g/mol. The lowest BCUT2D eigenvalue weighted by atomic mass is 9.59. The van der Waals surface area contributed by atoms with Gasteiger partial charge in [-0.1, -0.05) is 48.5 Å². The van der Waals surface area contributed by atoms with E-state index in [0.717, 1.165) is 11.1 Å². The van der Waals surface area contributed by atoms with Gasteiger partial charge < -0.3 is 4.74 Å². The molecule has 0 spiro atoms. The number of esters is 1. The van der Waals surface area contributed by atoms with Gasteiger partial charge in [-0.25, -0.2) is 4.79 Å². The number of alkyl halides is 3. The summed E-state index contributed by atoms with van der Waals surface area (Å²) in [6.07, 6.45) is -4.24. The Kier molecular flexibility index (Phi) is 3.41. The average molecular weight is 332 g/mol. The van der Waals surface area contributed by atoms with E-state index in [1.165, 1.54) is 11.1 Å². The first-order valence-electron chi connectivity index (χ1n) is 7.88. The summed E-state index contributed by atoms with van der Waals surface area (Å²) in [4.78, 5) is 11.1. The van der Waals surface area contributed by atoms with Crippen LogP contribution >= 0.6 is 0 Å². The first kappa shape index (κ1) is 15.2. The lowest BCUT2D eigenvalue weighted by molar-refractivity contribution is -0.201. The Labute approximate surface area is 137 Å². The van der Waals surface area contributed by atoms with Crippen LogP contribution in [0.25, 0.3) is 0 Å². The van der Waals surface area contributed by atoms with Gasteiger partial charge >= 0.3 is 12.1 Å². The number of carbonyl (C=O) groups excluding carboxylic acids is 1. The molecule has 5 heteroatoms. The number of hydrogen-bond acceptors (Lipinski definition) is 2. The van der Waals surface area contributed by atoms with E-state index in [-0.39, 0.29) is 24.4 Å². The second-order valence-electron chi connectivity index (χ2n) is 6.38. The molecule has 0 radical (unpaired) electrons. The van der Waals surface area contributed by atoms with Crippen LogP contribution in [0.1, 0.15) is 40.5 Å². The van der Waals surface area contributed by atoms with Crippen LogP contribution in [0.5, 0.6) is 0 Å². The van der Waals surface area contributed by atoms with Crippen LogP contribution in [-0.4, -0.2) is 18.8 Å². The molecule has 3 aliphatic carbocycles. The molecule has 0 fully saturated rings. The van der Waals surface area contributed by atoms with Gasteiger partial charge in [0.15, 0.2) is 0 Å². The van der Waals surface area contributed by atoms with E-state index in [9.17, 15) is 18.0 Å². The summed E-state index contributed by atoms with van der Waals surface area (Å²) in [6, 6.07) is 16.1. The normalized spacial score (nSPS) is 24.2. The highest BCUT2D eigenvalue weighted by molar-refractivity contribution is 5.75. The smallest absolute Gasteiger partial charge is 0.459 e. The van der Waals surface area contributed by atoms with Crippen molar-refractivity contribution in [3.8, 4) is 0 Å². The molecule has 0 aromatic heterocycles. The van der Waals surface area contributed by atoms with Crippen molar-refractivity contribution in [3.63, 3.8) is 0 Å². The third kappa shape index (κ3) is 2.30. The van der Waals surface area contributed by atoms with Crippen molar-refractivity contribution in [2.24, 2.45) is 5.92 Å². The zero-order valence-electron chi connectivity index (χ0n) is 12.7. The number of halogens is 3. The molecular formula is C19H15F3O2. The molecule has 0 heterocycles. The Morgan fingerprint density at radius 3 is 1.96 bits per heavy atom. The maximum absolute atomic E-state index is 12.4. The van der Waals surface area contributed by atoms with Gasteiger partial charge in [-0.15, -0.1) is 0 Å². The minimum Gasteiger partial charge on any atom is -0.459 e. The Balaban J connectivity index is 1.67. The maximum atomic E-state index is 12.4. The highest BCUT2D eigenvalue weighted by atomic mass is 19.4. The Hall–Kier alpha value is -2.30. The third-order valence-electron chi connectivity index (χ3n) is 5.08. The first-order valence-corrected chi connectivity index (χ1v) is 7.88. The summed E-state index contributed by atoms with van der Waals surface area (Å²) in [6.45, 7) is -0.206. The van der Waals surface area contributed by atoms with E-state index in [1.54, 1.807) is 0 Å². The second kappa shape index (κ2) is 5.36. The van der Waals surface area contributed by atoms with E-state index in [0.29, 0.717) is 6.42 Å². The summed E-state index contributed by atoms with van der Waals surface area (Å²) in [5.41, 5.74) is 4.75. The Bertz CT molecular complexity index is 750. The number of rotatable bonds is 2. The van der Waals surface area contributed by atoms with E-state index in [1.807, 2.05) is 36.4 Å². The molecule has 0 saturated carbocycles. The Morgan fingerprint density at radius 2 is 1.46 bits per heavy atom. The fraction of sp³-hybridized carbons (Fsp3) is 0.316. The van der Waals surface area contributed by atoms with Crippen LogP contribution < -0.4 is 0 Å². The molecule has 0 N–H and O–H groups in total. The molecule has 3 aliphatic rings. The van der Waals surface area contributed by atoms with Crippen LogP contribution in [0.2, 0.25) is 0 Å². The molecule has 0 aliphatic heterocycles. The zero-order valence-corrected chi connectivity index (χ0v) is 12.7. The van der Waals surface area contributed by atoms with Crippen LogP contribution in [0, 0.1) is 5.92 Å². The van der Waals surface area contributed by atoms with Crippen molar-refractivity contribution in [2.75, 3.05) is 6.61 Å². The molecule has 0 saturated heterocycles. The summed E-state index contributed by atoms with van der Waals surface area (Å²) in [5.74, 6) is -2.11. The van der Waals surface area contributed by atoms with E-state index in [4.69, 9.17) is 0 Å². The maximum Gasteiger partial charge on any atom is 0.490 e. The average Bonchev–Trinajstić information content (AvgIpc) is 2.59. The quantitative estimate of drug-likeness (QED) is 0.763. The van der Waals surface area contributed by atoms with Crippen molar-refractivity contribution < 1.29 is 22.7 Å². The van der Waals surface area contributed by atoms with Gasteiger partial charge in [0.25, 0.3) is 0 Å². The molecule has 2 aromatic rings. The molecule has 0 unspecified atom stereocenters. The molecule has 0 amide bonds. The van der Waals surface area contributed by atoms with Gasteiger partial charge in [0, 0.05) is 17.8 Å². The lowest BCUT2D eigenvalue weighted by Gasteiger charge is -2.45. The molecular weight excluding hydrogens is 317 g/mol. The van der Waals surface area contributed by atoms with Gasteiger partial charge in [-0.05, 0) is 28.7 Å². The summed E-state index contributed by atoms with van der Waals surface area (Å²) in [5, 5.41) is 0. The molecule has 2 nitrogen and oxygen atoms in total. The van der Waals surface area contributed by atoms with Crippen molar-refractivity contribution in [3.05, 3.63) is 70.8 Å². The highest BCUT2D eigenvalue weighted by Gasteiger charge is 2.45. The van der Waals surface area contributed by atoms with Crippen LogP contribution in [0.15, 0.2) is 48.5 Å². The summed E-state index contributed by atoms with van der Waals surface area (Å²) >= 11 is 0. The standard InChI is InChI=1S/C19H15F3O2/c20-19(21,22)18(23)24-10-11-9-16-12-5-1-3-7-14(12)17(11)15-8-4-2-6-13(15)16/h1-8,11,16-17H,9-10H2/t11-,16?,17?/m1/s1. The molecule has 1 atom stereocenters. The predicted octanol–water partition coefficient (Wildman–Crippen LogP) is 4.39.